The fraction of sp³-hybridized carbons (Fsp3) is 0.429. The molecule has 1 aromatic rings. The van der Waals surface area contributed by atoms with E-state index in [1.807, 2.05) is 19.9 Å². The number of carbonyl (C=O) groups excluding carboxylic acids is 1. The van der Waals surface area contributed by atoms with Gasteiger partial charge in [-0.25, -0.2) is 13.1 Å². The van der Waals surface area contributed by atoms with Gasteiger partial charge in [-0.15, -0.1) is 0 Å². The van der Waals surface area contributed by atoms with E-state index in [1.165, 1.54) is 0 Å². The third-order valence-electron chi connectivity index (χ3n) is 2.61. The highest BCUT2D eigenvalue weighted by Gasteiger charge is 2.14. The van der Waals surface area contributed by atoms with E-state index in [2.05, 4.69) is 10.0 Å². The third-order valence-corrected chi connectivity index (χ3v) is 3.94. The van der Waals surface area contributed by atoms with Gasteiger partial charge in [0.1, 0.15) is 0 Å². The summed E-state index contributed by atoms with van der Waals surface area (Å²) in [6.45, 7) is 3.71. The molecule has 1 amide bonds. The molecule has 0 heterocycles. The summed E-state index contributed by atoms with van der Waals surface area (Å²) in [5.41, 5.74) is 0.777. The fourth-order valence-corrected chi connectivity index (χ4v) is 2.90. The summed E-state index contributed by atoms with van der Waals surface area (Å²) in [6.07, 6.45) is 0.0807. The van der Waals surface area contributed by atoms with Gasteiger partial charge in [0.05, 0.1) is 17.4 Å². The Morgan fingerprint density at radius 2 is 2.00 bits per heavy atom. The van der Waals surface area contributed by atoms with Crippen LogP contribution in [0.15, 0.2) is 24.3 Å². The zero-order valence-corrected chi connectivity index (χ0v) is 12.9. The molecule has 0 spiro atoms. The van der Waals surface area contributed by atoms with E-state index in [4.69, 9.17) is 5.26 Å². The highest BCUT2D eigenvalue weighted by molar-refractivity contribution is 7.88. The Morgan fingerprint density at radius 1 is 1.33 bits per heavy atom. The Balaban J connectivity index is 2.55. The second-order valence-electron chi connectivity index (χ2n) is 4.89. The summed E-state index contributed by atoms with van der Waals surface area (Å²) in [6, 6.07) is 8.51. The molecule has 0 fully saturated rings. The molecule has 0 aliphatic carbocycles. The molecule has 0 bridgehead atoms. The zero-order valence-electron chi connectivity index (χ0n) is 12.1. The second-order valence-corrected chi connectivity index (χ2v) is 6.70. The molecule has 21 heavy (non-hydrogen) atoms. The molecule has 2 N–H and O–H groups in total. The first-order valence-corrected chi connectivity index (χ1v) is 8.24. The average Bonchev–Trinajstić information content (AvgIpc) is 2.37. The van der Waals surface area contributed by atoms with Gasteiger partial charge in [0.15, 0.2) is 0 Å². The van der Waals surface area contributed by atoms with E-state index in [0.717, 1.165) is 0 Å². The normalized spacial score (nSPS) is 11.1. The number of nitrogens with zero attached hydrogens (tertiary/aromatic N) is 1. The van der Waals surface area contributed by atoms with Crippen LogP contribution in [0.5, 0.6) is 0 Å². The van der Waals surface area contributed by atoms with Crippen molar-refractivity contribution < 1.29 is 13.2 Å². The molecule has 1 aromatic carbocycles. The van der Waals surface area contributed by atoms with E-state index in [9.17, 15) is 13.2 Å². The van der Waals surface area contributed by atoms with Crippen molar-refractivity contribution in [2.75, 3.05) is 6.54 Å². The molecule has 6 nitrogen and oxygen atoms in total. The van der Waals surface area contributed by atoms with Crippen molar-refractivity contribution in [2.24, 2.45) is 0 Å². The molecule has 0 unspecified atom stereocenters. The number of sulfonamides is 1. The Morgan fingerprint density at radius 3 is 2.62 bits per heavy atom. The maximum atomic E-state index is 11.9. The number of rotatable bonds is 7. The van der Waals surface area contributed by atoms with Gasteiger partial charge < -0.3 is 5.32 Å². The van der Waals surface area contributed by atoms with Gasteiger partial charge in [-0.3, -0.25) is 4.79 Å². The van der Waals surface area contributed by atoms with Crippen molar-refractivity contribution in [1.82, 2.24) is 10.0 Å². The van der Waals surface area contributed by atoms with Crippen LogP contribution in [0, 0.1) is 11.3 Å². The predicted molar refractivity (Wildman–Crippen MR) is 79.7 cm³/mol. The number of nitriles is 1. The second kappa shape index (κ2) is 7.76. The maximum Gasteiger partial charge on any atom is 0.221 e. The van der Waals surface area contributed by atoms with Crippen LogP contribution in [0.3, 0.4) is 0 Å². The predicted octanol–water partition coefficient (Wildman–Crippen LogP) is 0.892. The van der Waals surface area contributed by atoms with Crippen LogP contribution in [0.1, 0.15) is 31.4 Å². The molecule has 0 aliphatic heterocycles. The Hall–Kier alpha value is -1.91. The van der Waals surface area contributed by atoms with Crippen LogP contribution >= 0.6 is 0 Å². The standard InChI is InChI=1S/C14H19N3O3S/c1-11(2)17-14(18)7-8-16-21(19,20)10-13-6-4-3-5-12(13)9-15/h3-6,11,16H,7-8,10H2,1-2H3,(H,17,18). The Kier molecular flexibility index (Phi) is 6.34. The molecule has 0 atom stereocenters. The average molecular weight is 309 g/mol. The van der Waals surface area contributed by atoms with E-state index in [1.54, 1.807) is 24.3 Å². The molecular weight excluding hydrogens is 290 g/mol. The molecule has 0 aliphatic rings. The summed E-state index contributed by atoms with van der Waals surface area (Å²) in [7, 11) is -3.57. The summed E-state index contributed by atoms with van der Waals surface area (Å²) in [5.74, 6) is -0.479. The molecule has 0 radical (unpaired) electrons. The van der Waals surface area contributed by atoms with Crippen molar-refractivity contribution in [2.45, 2.75) is 32.1 Å². The van der Waals surface area contributed by atoms with Crippen molar-refractivity contribution in [3.63, 3.8) is 0 Å². The third kappa shape index (κ3) is 6.38. The highest BCUT2D eigenvalue weighted by Crippen LogP contribution is 2.10. The van der Waals surface area contributed by atoms with Gasteiger partial charge in [-0.2, -0.15) is 5.26 Å². The number of benzene rings is 1. The summed E-state index contributed by atoms with van der Waals surface area (Å²) in [4.78, 5) is 11.4. The van der Waals surface area contributed by atoms with Crippen molar-refractivity contribution >= 4 is 15.9 Å². The van der Waals surface area contributed by atoms with Gasteiger partial charge in [0.25, 0.3) is 0 Å². The summed E-state index contributed by atoms with van der Waals surface area (Å²) >= 11 is 0. The zero-order chi connectivity index (χ0) is 15.9. The first-order chi connectivity index (χ1) is 9.84. The highest BCUT2D eigenvalue weighted by atomic mass is 32.2. The van der Waals surface area contributed by atoms with E-state index >= 15 is 0 Å². The lowest BCUT2D eigenvalue weighted by molar-refractivity contribution is -0.121. The van der Waals surface area contributed by atoms with Gasteiger partial charge in [0, 0.05) is 19.0 Å². The first kappa shape index (κ1) is 17.1. The van der Waals surface area contributed by atoms with E-state index in [-0.39, 0.29) is 30.7 Å². The molecule has 0 saturated carbocycles. The minimum atomic E-state index is -3.57. The number of hydrogen-bond donors (Lipinski definition) is 2. The molecule has 7 heteroatoms. The van der Waals surface area contributed by atoms with Crippen LogP contribution in [0.2, 0.25) is 0 Å². The quantitative estimate of drug-likeness (QED) is 0.781. The van der Waals surface area contributed by atoms with E-state index in [0.29, 0.717) is 11.1 Å². The lowest BCUT2D eigenvalue weighted by Crippen LogP contribution is -2.34. The molecule has 1 rings (SSSR count). The van der Waals surface area contributed by atoms with Gasteiger partial charge in [0.2, 0.25) is 15.9 Å². The largest absolute Gasteiger partial charge is 0.354 e. The van der Waals surface area contributed by atoms with Crippen LogP contribution in [0.25, 0.3) is 0 Å². The van der Waals surface area contributed by atoms with Gasteiger partial charge in [-0.05, 0) is 25.5 Å². The molecular formula is C14H19N3O3S. The maximum absolute atomic E-state index is 11.9. The molecule has 0 saturated heterocycles. The smallest absolute Gasteiger partial charge is 0.221 e. The summed E-state index contributed by atoms with van der Waals surface area (Å²) < 4.78 is 26.2. The van der Waals surface area contributed by atoms with Crippen molar-refractivity contribution in [3.05, 3.63) is 35.4 Å². The van der Waals surface area contributed by atoms with Crippen molar-refractivity contribution in [3.8, 4) is 6.07 Å². The van der Waals surface area contributed by atoms with Crippen LogP contribution in [0.4, 0.5) is 0 Å². The lowest BCUT2D eigenvalue weighted by Gasteiger charge is -2.10. The monoisotopic (exact) mass is 309 g/mol. The minimum absolute atomic E-state index is 0.0246. The lowest BCUT2D eigenvalue weighted by atomic mass is 10.1. The van der Waals surface area contributed by atoms with E-state index < -0.39 is 10.0 Å². The van der Waals surface area contributed by atoms with Crippen LogP contribution in [-0.4, -0.2) is 26.9 Å². The number of hydrogen-bond acceptors (Lipinski definition) is 4. The molecule has 114 valence electrons. The number of carbonyl (C=O) groups is 1. The van der Waals surface area contributed by atoms with Crippen LogP contribution < -0.4 is 10.0 Å². The number of nitrogens with one attached hydrogen (secondary N) is 2. The Bertz CT molecular complexity index is 633. The first-order valence-electron chi connectivity index (χ1n) is 6.59. The SMILES string of the molecule is CC(C)NC(=O)CCNS(=O)(=O)Cc1ccccc1C#N. The molecule has 0 aromatic heterocycles. The van der Waals surface area contributed by atoms with Gasteiger partial charge in [-0.1, -0.05) is 18.2 Å². The Labute approximate surface area is 125 Å². The minimum Gasteiger partial charge on any atom is -0.354 e. The van der Waals surface area contributed by atoms with Gasteiger partial charge >= 0.3 is 0 Å². The van der Waals surface area contributed by atoms with Crippen LogP contribution in [-0.2, 0) is 20.6 Å². The summed E-state index contributed by atoms with van der Waals surface area (Å²) in [5, 5.41) is 11.6. The topological polar surface area (TPSA) is 99.1 Å². The number of amides is 1. The fourth-order valence-electron chi connectivity index (χ4n) is 1.73. The van der Waals surface area contributed by atoms with Crippen molar-refractivity contribution in [1.29, 1.82) is 5.26 Å².